The highest BCUT2D eigenvalue weighted by Gasteiger charge is 2.24. The topological polar surface area (TPSA) is 63.2 Å². The highest BCUT2D eigenvalue weighted by atomic mass is 79.9. The average Bonchev–Trinajstić information content (AvgIpc) is 3.18. The molecule has 0 unspecified atom stereocenters. The fourth-order valence-electron chi connectivity index (χ4n) is 3.46. The number of amides is 1. The van der Waals surface area contributed by atoms with Crippen LogP contribution in [0.25, 0.3) is 0 Å². The van der Waals surface area contributed by atoms with Gasteiger partial charge in [-0.15, -0.1) is 0 Å². The van der Waals surface area contributed by atoms with E-state index < -0.39 is 0 Å². The maximum absolute atomic E-state index is 12.4. The highest BCUT2D eigenvalue weighted by Crippen LogP contribution is 2.32. The number of fused-ring (bicyclic) bond motifs is 1. The zero-order chi connectivity index (χ0) is 19.3. The number of carbonyl (C=O) groups excluding carboxylic acids is 1. The SMILES string of the molecule is O=C(NN=Cc1ccc2c(c1)OCO2)C1CCN(Cc2ccc(Br)cc2)CC1. The van der Waals surface area contributed by atoms with Crippen LogP contribution in [0.15, 0.2) is 52.0 Å². The van der Waals surface area contributed by atoms with Crippen LogP contribution in [0, 0.1) is 5.92 Å². The lowest BCUT2D eigenvalue weighted by Gasteiger charge is -2.30. The molecule has 2 aliphatic rings. The summed E-state index contributed by atoms with van der Waals surface area (Å²) in [5.74, 6) is 1.43. The van der Waals surface area contributed by atoms with E-state index in [4.69, 9.17) is 9.47 Å². The Hall–Kier alpha value is -2.38. The van der Waals surface area contributed by atoms with Crippen molar-refractivity contribution in [3.63, 3.8) is 0 Å². The molecule has 0 saturated carbocycles. The summed E-state index contributed by atoms with van der Waals surface area (Å²) < 4.78 is 11.7. The molecule has 2 aliphatic heterocycles. The molecule has 28 heavy (non-hydrogen) atoms. The molecule has 146 valence electrons. The fraction of sp³-hybridized carbons (Fsp3) is 0.333. The van der Waals surface area contributed by atoms with Crippen molar-refractivity contribution in [2.75, 3.05) is 19.9 Å². The molecule has 0 atom stereocenters. The van der Waals surface area contributed by atoms with Crippen molar-refractivity contribution >= 4 is 28.1 Å². The zero-order valence-electron chi connectivity index (χ0n) is 15.4. The minimum atomic E-state index is -0.0136. The number of benzene rings is 2. The van der Waals surface area contributed by atoms with E-state index in [0.29, 0.717) is 5.75 Å². The van der Waals surface area contributed by atoms with Crippen LogP contribution >= 0.6 is 15.9 Å². The Morgan fingerprint density at radius 2 is 1.89 bits per heavy atom. The Labute approximate surface area is 172 Å². The van der Waals surface area contributed by atoms with Gasteiger partial charge in [0.2, 0.25) is 12.7 Å². The van der Waals surface area contributed by atoms with Crippen LogP contribution in [0.2, 0.25) is 0 Å². The molecule has 7 heteroatoms. The standard InChI is InChI=1S/C21H22BrN3O3/c22-18-4-1-15(2-5-18)13-25-9-7-17(8-10-25)21(26)24-23-12-16-3-6-19-20(11-16)28-14-27-19/h1-6,11-12,17H,7-10,13-14H2,(H,24,26). The molecule has 4 rings (SSSR count). The van der Waals surface area contributed by atoms with E-state index in [2.05, 4.69) is 55.6 Å². The molecule has 1 amide bonds. The molecule has 2 aromatic carbocycles. The molecule has 0 spiro atoms. The first-order valence-corrected chi connectivity index (χ1v) is 10.2. The predicted octanol–water partition coefficient (Wildman–Crippen LogP) is 3.54. The summed E-state index contributed by atoms with van der Waals surface area (Å²) in [6.45, 7) is 3.00. The molecule has 6 nitrogen and oxygen atoms in total. The van der Waals surface area contributed by atoms with E-state index in [-0.39, 0.29) is 18.6 Å². The zero-order valence-corrected chi connectivity index (χ0v) is 17.0. The maximum Gasteiger partial charge on any atom is 0.243 e. The summed E-state index contributed by atoms with van der Waals surface area (Å²) in [7, 11) is 0. The second kappa shape index (κ2) is 8.75. The van der Waals surface area contributed by atoms with Gasteiger partial charge in [0, 0.05) is 16.9 Å². The third kappa shape index (κ3) is 4.72. The highest BCUT2D eigenvalue weighted by molar-refractivity contribution is 9.10. The maximum atomic E-state index is 12.4. The molecule has 1 saturated heterocycles. The first kappa shape index (κ1) is 19.0. The number of halogens is 1. The summed E-state index contributed by atoms with van der Waals surface area (Å²) in [4.78, 5) is 14.8. The van der Waals surface area contributed by atoms with Crippen LogP contribution in [0.1, 0.15) is 24.0 Å². The predicted molar refractivity (Wildman–Crippen MR) is 110 cm³/mol. The molecule has 0 bridgehead atoms. The number of hydrogen-bond donors (Lipinski definition) is 1. The van der Waals surface area contributed by atoms with E-state index in [0.717, 1.165) is 48.3 Å². The lowest BCUT2D eigenvalue weighted by atomic mass is 9.96. The van der Waals surface area contributed by atoms with Gasteiger partial charge in [-0.1, -0.05) is 28.1 Å². The Balaban J connectivity index is 1.23. The summed E-state index contributed by atoms with van der Waals surface area (Å²) in [6, 6.07) is 14.0. The number of ether oxygens (including phenoxy) is 2. The number of hydrazone groups is 1. The summed E-state index contributed by atoms with van der Waals surface area (Å²) in [5.41, 5.74) is 4.82. The quantitative estimate of drug-likeness (QED) is 0.566. The molecule has 0 aromatic heterocycles. The van der Waals surface area contributed by atoms with Gasteiger partial charge in [0.05, 0.1) is 6.21 Å². The number of piperidine rings is 1. The number of carbonyl (C=O) groups is 1. The second-order valence-electron chi connectivity index (χ2n) is 7.02. The molecule has 2 aromatic rings. The average molecular weight is 444 g/mol. The summed E-state index contributed by atoms with van der Waals surface area (Å²) in [6.07, 6.45) is 3.33. The van der Waals surface area contributed by atoms with Gasteiger partial charge in [-0.2, -0.15) is 5.10 Å². The molecule has 0 aliphatic carbocycles. The molecular weight excluding hydrogens is 422 g/mol. The van der Waals surface area contributed by atoms with E-state index in [1.807, 2.05) is 18.2 Å². The lowest BCUT2D eigenvalue weighted by molar-refractivity contribution is -0.126. The summed E-state index contributed by atoms with van der Waals surface area (Å²) >= 11 is 3.46. The Morgan fingerprint density at radius 3 is 2.68 bits per heavy atom. The largest absolute Gasteiger partial charge is 0.454 e. The van der Waals surface area contributed by atoms with Gasteiger partial charge >= 0.3 is 0 Å². The van der Waals surface area contributed by atoms with Gasteiger partial charge in [0.1, 0.15) is 0 Å². The molecular formula is C21H22BrN3O3. The fourth-order valence-corrected chi connectivity index (χ4v) is 3.72. The van der Waals surface area contributed by atoms with Crippen molar-refractivity contribution in [3.05, 3.63) is 58.1 Å². The van der Waals surface area contributed by atoms with Crippen molar-refractivity contribution < 1.29 is 14.3 Å². The summed E-state index contributed by atoms with van der Waals surface area (Å²) in [5, 5.41) is 4.10. The van der Waals surface area contributed by atoms with Crippen molar-refractivity contribution in [1.29, 1.82) is 0 Å². The van der Waals surface area contributed by atoms with Gasteiger partial charge in [-0.3, -0.25) is 9.69 Å². The molecule has 1 fully saturated rings. The Bertz CT molecular complexity index is 862. The molecule has 0 radical (unpaired) electrons. The third-order valence-electron chi connectivity index (χ3n) is 5.06. The Kier molecular flexibility index (Phi) is 5.92. The van der Waals surface area contributed by atoms with Crippen LogP contribution in [0.4, 0.5) is 0 Å². The van der Waals surface area contributed by atoms with Gasteiger partial charge in [-0.05, 0) is 67.4 Å². The van der Waals surface area contributed by atoms with E-state index in [1.165, 1.54) is 5.56 Å². The van der Waals surface area contributed by atoms with E-state index >= 15 is 0 Å². The van der Waals surface area contributed by atoms with E-state index in [1.54, 1.807) is 6.21 Å². The molecule has 2 heterocycles. The molecule has 1 N–H and O–H groups in total. The number of nitrogens with zero attached hydrogens (tertiary/aromatic N) is 2. The minimum absolute atomic E-state index is 0.00933. The first-order chi connectivity index (χ1) is 13.7. The number of likely N-dealkylation sites (tertiary alicyclic amines) is 1. The number of hydrogen-bond acceptors (Lipinski definition) is 5. The van der Waals surface area contributed by atoms with Crippen LogP contribution in [0.3, 0.4) is 0 Å². The Morgan fingerprint density at radius 1 is 1.14 bits per heavy atom. The van der Waals surface area contributed by atoms with Crippen molar-refractivity contribution in [2.24, 2.45) is 11.0 Å². The lowest BCUT2D eigenvalue weighted by Crippen LogP contribution is -2.39. The van der Waals surface area contributed by atoms with Crippen LogP contribution < -0.4 is 14.9 Å². The number of nitrogens with one attached hydrogen (secondary N) is 1. The third-order valence-corrected chi connectivity index (χ3v) is 5.59. The monoisotopic (exact) mass is 443 g/mol. The van der Waals surface area contributed by atoms with E-state index in [9.17, 15) is 4.79 Å². The first-order valence-electron chi connectivity index (χ1n) is 9.37. The van der Waals surface area contributed by atoms with Gasteiger partial charge in [0.25, 0.3) is 0 Å². The van der Waals surface area contributed by atoms with Crippen molar-refractivity contribution in [1.82, 2.24) is 10.3 Å². The van der Waals surface area contributed by atoms with Crippen molar-refractivity contribution in [2.45, 2.75) is 19.4 Å². The van der Waals surface area contributed by atoms with Crippen LogP contribution in [-0.4, -0.2) is 36.9 Å². The number of rotatable bonds is 5. The smallest absolute Gasteiger partial charge is 0.243 e. The minimum Gasteiger partial charge on any atom is -0.454 e. The second-order valence-corrected chi connectivity index (χ2v) is 7.94. The normalized spacial score (nSPS) is 17.2. The van der Waals surface area contributed by atoms with Crippen LogP contribution in [0.5, 0.6) is 11.5 Å². The van der Waals surface area contributed by atoms with Gasteiger partial charge < -0.3 is 9.47 Å². The van der Waals surface area contributed by atoms with Gasteiger partial charge in [0.15, 0.2) is 11.5 Å². The van der Waals surface area contributed by atoms with Gasteiger partial charge in [-0.25, -0.2) is 5.43 Å². The van der Waals surface area contributed by atoms with Crippen molar-refractivity contribution in [3.8, 4) is 11.5 Å². The van der Waals surface area contributed by atoms with Crippen LogP contribution in [-0.2, 0) is 11.3 Å².